The zero-order chi connectivity index (χ0) is 12.6. The molecule has 2 heterocycles. The van der Waals surface area contributed by atoms with E-state index in [0.29, 0.717) is 0 Å². The number of nitrogens with one attached hydrogen (secondary N) is 2. The zero-order valence-corrected chi connectivity index (χ0v) is 10.4. The number of H-pyrrole nitrogens is 1. The number of carbonyl (C=O) groups is 2. The maximum atomic E-state index is 11.5. The van der Waals surface area contributed by atoms with Gasteiger partial charge in [0.05, 0.1) is 12.9 Å². The van der Waals surface area contributed by atoms with Crippen LogP contribution in [-0.2, 0) is 9.59 Å². The highest BCUT2D eigenvalue weighted by atomic mass is 79.9. The summed E-state index contributed by atoms with van der Waals surface area (Å²) in [6, 6.07) is -0.557. The average molecular weight is 301 g/mol. The van der Waals surface area contributed by atoms with Crippen LogP contribution in [0.5, 0.6) is 0 Å². The number of aromatic amines is 1. The van der Waals surface area contributed by atoms with Crippen molar-refractivity contribution in [2.75, 3.05) is 11.4 Å². The lowest BCUT2D eigenvalue weighted by molar-refractivity contribution is -0.132. The third kappa shape index (κ3) is 2.07. The standard InChI is InChI=1S/C9H9BrN4O3/c1-4-8(16)13-5(15)2-14(4)7-6(10)9(17)12-3-11-7/h3-4H,2H2,1H3,(H,11,12,17)(H,13,15,16). The fraction of sp³-hybridized carbons (Fsp3) is 0.333. The van der Waals surface area contributed by atoms with E-state index >= 15 is 0 Å². The molecule has 0 spiro atoms. The van der Waals surface area contributed by atoms with Crippen molar-refractivity contribution in [3.63, 3.8) is 0 Å². The van der Waals surface area contributed by atoms with Crippen molar-refractivity contribution >= 4 is 33.6 Å². The molecule has 0 aliphatic carbocycles. The summed E-state index contributed by atoms with van der Waals surface area (Å²) in [5, 5.41) is 2.21. The van der Waals surface area contributed by atoms with Gasteiger partial charge in [-0.15, -0.1) is 0 Å². The Morgan fingerprint density at radius 3 is 2.88 bits per heavy atom. The molecule has 1 aliphatic rings. The molecule has 1 atom stereocenters. The van der Waals surface area contributed by atoms with Crippen LogP contribution >= 0.6 is 15.9 Å². The Morgan fingerprint density at radius 2 is 2.18 bits per heavy atom. The van der Waals surface area contributed by atoms with Gasteiger partial charge in [0.1, 0.15) is 10.5 Å². The molecular formula is C9H9BrN4O3. The number of imide groups is 1. The van der Waals surface area contributed by atoms with E-state index in [1.165, 1.54) is 11.2 Å². The molecule has 0 radical (unpaired) electrons. The molecule has 1 aromatic heterocycles. The summed E-state index contributed by atoms with van der Waals surface area (Å²) in [5.74, 6) is -0.540. The number of amides is 2. The van der Waals surface area contributed by atoms with E-state index in [-0.39, 0.29) is 22.4 Å². The first-order valence-electron chi connectivity index (χ1n) is 4.84. The van der Waals surface area contributed by atoms with Gasteiger partial charge in [-0.3, -0.25) is 19.7 Å². The van der Waals surface area contributed by atoms with Crippen LogP contribution in [0.25, 0.3) is 0 Å². The monoisotopic (exact) mass is 300 g/mol. The fourth-order valence-electron chi connectivity index (χ4n) is 1.55. The van der Waals surface area contributed by atoms with E-state index in [0.717, 1.165) is 0 Å². The predicted octanol–water partition coefficient (Wildman–Crippen LogP) is -0.616. The SMILES string of the molecule is CC1C(=O)NC(=O)CN1c1nc[nH]c(=O)c1Br. The van der Waals surface area contributed by atoms with Crippen molar-refractivity contribution in [3.05, 3.63) is 21.2 Å². The fourth-order valence-corrected chi connectivity index (χ4v) is 1.99. The number of anilines is 1. The topological polar surface area (TPSA) is 95.2 Å². The maximum absolute atomic E-state index is 11.5. The molecule has 7 nitrogen and oxygen atoms in total. The number of piperazine rings is 1. The normalized spacial score (nSPS) is 20.4. The Kier molecular flexibility index (Phi) is 2.97. The third-order valence-corrected chi connectivity index (χ3v) is 3.19. The van der Waals surface area contributed by atoms with Crippen molar-refractivity contribution in [1.29, 1.82) is 0 Å². The summed E-state index contributed by atoms with van der Waals surface area (Å²) in [4.78, 5) is 42.0. The van der Waals surface area contributed by atoms with Gasteiger partial charge in [0.25, 0.3) is 5.56 Å². The second-order valence-electron chi connectivity index (χ2n) is 3.59. The number of hydrogen-bond donors (Lipinski definition) is 2. The van der Waals surface area contributed by atoms with Crippen LogP contribution in [0.4, 0.5) is 5.82 Å². The number of aromatic nitrogens is 2. The van der Waals surface area contributed by atoms with Crippen LogP contribution in [0, 0.1) is 0 Å². The smallest absolute Gasteiger partial charge is 0.267 e. The second kappa shape index (κ2) is 4.28. The van der Waals surface area contributed by atoms with Gasteiger partial charge in [0.2, 0.25) is 11.8 Å². The molecule has 8 heteroatoms. The first-order chi connectivity index (χ1) is 8.00. The third-order valence-electron chi connectivity index (χ3n) is 2.47. The van der Waals surface area contributed by atoms with Crippen molar-refractivity contribution in [1.82, 2.24) is 15.3 Å². The maximum Gasteiger partial charge on any atom is 0.267 e. The van der Waals surface area contributed by atoms with Gasteiger partial charge >= 0.3 is 0 Å². The van der Waals surface area contributed by atoms with Crippen LogP contribution < -0.4 is 15.8 Å². The van der Waals surface area contributed by atoms with Crippen molar-refractivity contribution in [3.8, 4) is 0 Å². The molecule has 1 aliphatic heterocycles. The quantitative estimate of drug-likeness (QED) is 0.674. The largest absolute Gasteiger partial charge is 0.334 e. The number of halogens is 1. The summed E-state index contributed by atoms with van der Waals surface area (Å²) in [6.45, 7) is 1.62. The van der Waals surface area contributed by atoms with Crippen LogP contribution in [0.3, 0.4) is 0 Å². The Labute approximate surface area is 104 Å². The van der Waals surface area contributed by atoms with Crippen molar-refractivity contribution < 1.29 is 9.59 Å². The van der Waals surface area contributed by atoms with E-state index in [1.807, 2.05) is 0 Å². The Hall–Kier alpha value is -1.70. The highest BCUT2D eigenvalue weighted by Crippen LogP contribution is 2.22. The van der Waals surface area contributed by atoms with Gasteiger partial charge in [0, 0.05) is 0 Å². The van der Waals surface area contributed by atoms with Crippen LogP contribution in [-0.4, -0.2) is 34.4 Å². The Morgan fingerprint density at radius 1 is 1.47 bits per heavy atom. The molecule has 1 aromatic rings. The molecule has 2 amide bonds. The number of hydrogen-bond acceptors (Lipinski definition) is 5. The van der Waals surface area contributed by atoms with Gasteiger partial charge in [-0.25, -0.2) is 4.98 Å². The van der Waals surface area contributed by atoms with Crippen LogP contribution in [0.15, 0.2) is 15.6 Å². The van der Waals surface area contributed by atoms with Gasteiger partial charge < -0.3 is 9.88 Å². The summed E-state index contributed by atoms with van der Waals surface area (Å²) >= 11 is 3.09. The number of carbonyl (C=O) groups excluding carboxylic acids is 2. The summed E-state index contributed by atoms with van der Waals surface area (Å²) in [7, 11) is 0. The van der Waals surface area contributed by atoms with Crippen molar-refractivity contribution in [2.45, 2.75) is 13.0 Å². The van der Waals surface area contributed by atoms with E-state index in [9.17, 15) is 14.4 Å². The van der Waals surface area contributed by atoms with Gasteiger partial charge in [-0.1, -0.05) is 0 Å². The lowest BCUT2D eigenvalue weighted by Gasteiger charge is -2.32. The molecule has 2 rings (SSSR count). The van der Waals surface area contributed by atoms with E-state index in [1.54, 1.807) is 6.92 Å². The Bertz CT molecular complexity index is 541. The molecule has 17 heavy (non-hydrogen) atoms. The predicted molar refractivity (Wildman–Crippen MR) is 62.5 cm³/mol. The Balaban J connectivity index is 2.45. The molecule has 2 N–H and O–H groups in total. The number of nitrogens with zero attached hydrogens (tertiary/aromatic N) is 2. The minimum atomic E-state index is -0.557. The van der Waals surface area contributed by atoms with E-state index < -0.39 is 17.9 Å². The van der Waals surface area contributed by atoms with E-state index in [2.05, 4.69) is 31.2 Å². The lowest BCUT2D eigenvalue weighted by atomic mass is 10.2. The molecule has 0 aromatic carbocycles. The molecular weight excluding hydrogens is 292 g/mol. The minimum absolute atomic E-state index is 0.0119. The summed E-state index contributed by atoms with van der Waals surface area (Å²) in [6.07, 6.45) is 1.23. The first kappa shape index (κ1) is 11.8. The van der Waals surface area contributed by atoms with Crippen LogP contribution in [0.1, 0.15) is 6.92 Å². The highest BCUT2D eigenvalue weighted by Gasteiger charge is 2.32. The van der Waals surface area contributed by atoms with Crippen LogP contribution in [0.2, 0.25) is 0 Å². The van der Waals surface area contributed by atoms with Crippen molar-refractivity contribution in [2.24, 2.45) is 0 Å². The zero-order valence-electron chi connectivity index (χ0n) is 8.86. The highest BCUT2D eigenvalue weighted by molar-refractivity contribution is 9.10. The van der Waals surface area contributed by atoms with Gasteiger partial charge in [-0.05, 0) is 22.9 Å². The molecule has 1 fully saturated rings. The number of rotatable bonds is 1. The van der Waals surface area contributed by atoms with E-state index in [4.69, 9.17) is 0 Å². The molecule has 1 saturated heterocycles. The summed E-state index contributed by atoms with van der Waals surface area (Å²) < 4.78 is 0.203. The molecule has 0 bridgehead atoms. The summed E-state index contributed by atoms with van der Waals surface area (Å²) in [5.41, 5.74) is -0.361. The first-order valence-corrected chi connectivity index (χ1v) is 5.63. The lowest BCUT2D eigenvalue weighted by Crippen LogP contribution is -2.57. The second-order valence-corrected chi connectivity index (χ2v) is 4.38. The molecule has 0 saturated carbocycles. The molecule has 1 unspecified atom stereocenters. The van der Waals surface area contributed by atoms with Gasteiger partial charge in [0.15, 0.2) is 5.82 Å². The van der Waals surface area contributed by atoms with Gasteiger partial charge in [-0.2, -0.15) is 0 Å². The minimum Gasteiger partial charge on any atom is -0.334 e. The average Bonchev–Trinajstić information content (AvgIpc) is 2.27. The molecule has 90 valence electrons.